The zero-order valence-electron chi connectivity index (χ0n) is 16.5. The largest absolute Gasteiger partial charge is 0.375 e. The second-order valence-corrected chi connectivity index (χ2v) is 7.42. The number of anilines is 1. The number of ether oxygens (including phenoxy) is 1. The van der Waals surface area contributed by atoms with Crippen molar-refractivity contribution in [3.63, 3.8) is 0 Å². The molecule has 1 amide bonds. The van der Waals surface area contributed by atoms with Crippen molar-refractivity contribution < 1.29 is 9.53 Å². The average molecular weight is 368 g/mol. The van der Waals surface area contributed by atoms with Crippen LogP contribution < -0.4 is 10.2 Å². The van der Waals surface area contributed by atoms with Crippen molar-refractivity contribution in [2.75, 3.05) is 32.7 Å². The van der Waals surface area contributed by atoms with Gasteiger partial charge in [-0.1, -0.05) is 29.8 Å². The maximum absolute atomic E-state index is 12.2. The lowest BCUT2D eigenvalue weighted by Gasteiger charge is -2.21. The van der Waals surface area contributed by atoms with E-state index in [1.165, 1.54) is 7.11 Å². The molecule has 1 N–H and O–H groups in total. The summed E-state index contributed by atoms with van der Waals surface area (Å²) in [5, 5.41) is 3.08. The summed E-state index contributed by atoms with van der Waals surface area (Å²) in [6.07, 6.45) is 2.92. The number of aromatic nitrogens is 2. The average Bonchev–Trinajstić information content (AvgIpc) is 3.46. The summed E-state index contributed by atoms with van der Waals surface area (Å²) < 4.78 is 4.98. The van der Waals surface area contributed by atoms with Crippen molar-refractivity contribution in [3.8, 4) is 0 Å². The summed E-state index contributed by atoms with van der Waals surface area (Å²) >= 11 is 0. The van der Waals surface area contributed by atoms with Crippen LogP contribution >= 0.6 is 0 Å². The van der Waals surface area contributed by atoms with Gasteiger partial charge in [-0.3, -0.25) is 4.79 Å². The van der Waals surface area contributed by atoms with Crippen molar-refractivity contribution in [2.45, 2.75) is 38.1 Å². The third-order valence-corrected chi connectivity index (χ3v) is 4.65. The molecule has 27 heavy (non-hydrogen) atoms. The fraction of sp³-hybridized carbons (Fsp3) is 0.476. The molecule has 144 valence electrons. The van der Waals surface area contributed by atoms with Crippen LogP contribution in [0.5, 0.6) is 0 Å². The van der Waals surface area contributed by atoms with Gasteiger partial charge in [-0.15, -0.1) is 0 Å². The molecule has 1 fully saturated rings. The van der Waals surface area contributed by atoms with Crippen LogP contribution in [0.2, 0.25) is 0 Å². The number of amides is 1. The monoisotopic (exact) mass is 368 g/mol. The maximum Gasteiger partial charge on any atom is 0.246 e. The minimum atomic E-state index is -0.162. The van der Waals surface area contributed by atoms with Crippen molar-refractivity contribution in [1.82, 2.24) is 15.3 Å². The Morgan fingerprint density at radius 3 is 2.70 bits per heavy atom. The molecular formula is C21H28N4O2. The highest BCUT2D eigenvalue weighted by atomic mass is 16.5. The van der Waals surface area contributed by atoms with E-state index in [9.17, 15) is 4.79 Å². The Hall–Kier alpha value is -2.47. The van der Waals surface area contributed by atoms with Crippen molar-refractivity contribution >= 4 is 11.7 Å². The van der Waals surface area contributed by atoms with Crippen molar-refractivity contribution in [2.24, 2.45) is 0 Å². The second-order valence-electron chi connectivity index (χ2n) is 7.42. The lowest BCUT2D eigenvalue weighted by molar-refractivity contribution is -0.125. The number of hydrogen-bond acceptors (Lipinski definition) is 5. The molecule has 1 aliphatic rings. The summed E-state index contributed by atoms with van der Waals surface area (Å²) in [7, 11) is 5.50. The zero-order valence-corrected chi connectivity index (χ0v) is 16.5. The van der Waals surface area contributed by atoms with Crippen LogP contribution in [0.25, 0.3) is 0 Å². The fourth-order valence-corrected chi connectivity index (χ4v) is 3.08. The molecule has 0 aliphatic heterocycles. The Kier molecular flexibility index (Phi) is 6.06. The number of aryl methyl sites for hydroxylation is 1. The van der Waals surface area contributed by atoms with Crippen LogP contribution in [-0.2, 0) is 16.0 Å². The summed E-state index contributed by atoms with van der Waals surface area (Å²) in [5.41, 5.74) is 3.17. The van der Waals surface area contributed by atoms with Crippen molar-refractivity contribution in [1.29, 1.82) is 0 Å². The Labute approximate surface area is 161 Å². The molecule has 1 atom stereocenters. The topological polar surface area (TPSA) is 67.3 Å². The zero-order chi connectivity index (χ0) is 19.4. The van der Waals surface area contributed by atoms with E-state index in [0.29, 0.717) is 12.3 Å². The van der Waals surface area contributed by atoms with E-state index in [4.69, 9.17) is 9.72 Å². The van der Waals surface area contributed by atoms with Gasteiger partial charge in [-0.05, 0) is 25.3 Å². The lowest BCUT2D eigenvalue weighted by atomic mass is 9.99. The highest BCUT2D eigenvalue weighted by molar-refractivity contribution is 5.77. The summed E-state index contributed by atoms with van der Waals surface area (Å²) in [5.74, 6) is 2.17. The first kappa shape index (κ1) is 19.3. The Morgan fingerprint density at radius 2 is 2.07 bits per heavy atom. The number of hydrogen-bond donors (Lipinski definition) is 1. The summed E-state index contributed by atoms with van der Waals surface area (Å²) in [6.45, 7) is 2.10. The van der Waals surface area contributed by atoms with Gasteiger partial charge >= 0.3 is 0 Å². The van der Waals surface area contributed by atoms with Gasteiger partial charge in [0.15, 0.2) is 0 Å². The molecule has 0 radical (unpaired) electrons. The Morgan fingerprint density at radius 1 is 1.30 bits per heavy atom. The molecule has 0 saturated heterocycles. The fourth-order valence-electron chi connectivity index (χ4n) is 3.08. The van der Waals surface area contributed by atoms with Crippen molar-refractivity contribution in [3.05, 3.63) is 53.0 Å². The number of nitrogens with one attached hydrogen (secondary N) is 1. The smallest absolute Gasteiger partial charge is 0.246 e. The molecule has 0 bridgehead atoms. The van der Waals surface area contributed by atoms with Gasteiger partial charge < -0.3 is 15.0 Å². The standard InChI is InChI=1S/C21H28N4O2/c1-14-6-5-7-16(10-14)18(23-20(26)13-27-4)11-17-12-19(25(2)3)24-21(22-17)15-8-9-15/h5-7,10,12,15,18H,8-9,11,13H2,1-4H3,(H,23,26)/t18-/m0/s1. The van der Waals surface area contributed by atoms with Gasteiger partial charge in [-0.25, -0.2) is 9.97 Å². The predicted molar refractivity (Wildman–Crippen MR) is 106 cm³/mol. The molecule has 2 aromatic rings. The van der Waals surface area contributed by atoms with Gasteiger partial charge in [0.1, 0.15) is 18.2 Å². The molecular weight excluding hydrogens is 340 g/mol. The van der Waals surface area contributed by atoms with Crippen LogP contribution in [0.1, 0.15) is 47.4 Å². The molecule has 0 spiro atoms. The third kappa shape index (κ3) is 5.26. The first-order valence-corrected chi connectivity index (χ1v) is 9.36. The van der Waals surface area contributed by atoms with Crippen LogP contribution in [0.4, 0.5) is 5.82 Å². The highest BCUT2D eigenvalue weighted by Gasteiger charge is 2.28. The summed E-state index contributed by atoms with van der Waals surface area (Å²) in [4.78, 5) is 23.7. The minimum absolute atomic E-state index is 0.0440. The minimum Gasteiger partial charge on any atom is -0.375 e. The van der Waals surface area contributed by atoms with Crippen LogP contribution in [0.3, 0.4) is 0 Å². The number of benzene rings is 1. The molecule has 1 aliphatic carbocycles. The van der Waals surface area contributed by atoms with E-state index in [-0.39, 0.29) is 18.6 Å². The van der Waals surface area contributed by atoms with Gasteiger partial charge in [0.2, 0.25) is 5.91 Å². The van der Waals surface area contributed by atoms with Gasteiger partial charge in [0.25, 0.3) is 0 Å². The normalized spacial score (nSPS) is 14.7. The number of nitrogens with zero attached hydrogens (tertiary/aromatic N) is 3. The van der Waals surface area contributed by atoms with Crippen LogP contribution in [0, 0.1) is 6.92 Å². The van der Waals surface area contributed by atoms with E-state index in [0.717, 1.165) is 41.3 Å². The molecule has 0 unspecified atom stereocenters. The lowest BCUT2D eigenvalue weighted by Crippen LogP contribution is -2.33. The van der Waals surface area contributed by atoms with Gasteiger partial charge in [0.05, 0.1) is 6.04 Å². The number of carbonyl (C=O) groups is 1. The number of carbonyl (C=O) groups excluding carboxylic acids is 1. The molecule has 1 saturated carbocycles. The molecule has 1 aromatic carbocycles. The van der Waals surface area contributed by atoms with E-state index < -0.39 is 0 Å². The van der Waals surface area contributed by atoms with E-state index >= 15 is 0 Å². The Bertz CT molecular complexity index is 782. The number of rotatable bonds is 8. The molecule has 1 heterocycles. The molecule has 1 aromatic heterocycles. The first-order valence-electron chi connectivity index (χ1n) is 9.36. The summed E-state index contributed by atoms with van der Waals surface area (Å²) in [6, 6.07) is 10.1. The second kappa shape index (κ2) is 8.48. The first-order chi connectivity index (χ1) is 13.0. The highest BCUT2D eigenvalue weighted by Crippen LogP contribution is 2.38. The van der Waals surface area contributed by atoms with E-state index in [1.54, 1.807) is 0 Å². The quantitative estimate of drug-likeness (QED) is 0.776. The predicted octanol–water partition coefficient (Wildman–Crippen LogP) is 2.77. The van der Waals surface area contributed by atoms with E-state index in [2.05, 4.69) is 29.4 Å². The molecule has 6 nitrogen and oxygen atoms in total. The Balaban J connectivity index is 1.89. The maximum atomic E-state index is 12.2. The number of methoxy groups -OCH3 is 1. The van der Waals surface area contributed by atoms with Gasteiger partial charge in [0, 0.05) is 45.3 Å². The molecule has 3 rings (SSSR count). The van der Waals surface area contributed by atoms with E-state index in [1.807, 2.05) is 37.2 Å². The molecule has 6 heteroatoms. The SMILES string of the molecule is COCC(=O)N[C@@H](Cc1cc(N(C)C)nc(C2CC2)n1)c1cccc(C)c1. The van der Waals surface area contributed by atoms with Gasteiger partial charge in [-0.2, -0.15) is 0 Å². The third-order valence-electron chi connectivity index (χ3n) is 4.65. The van der Waals surface area contributed by atoms with Crippen LogP contribution in [-0.4, -0.2) is 43.7 Å². The van der Waals surface area contributed by atoms with Crippen LogP contribution in [0.15, 0.2) is 30.3 Å².